The van der Waals surface area contributed by atoms with Crippen molar-refractivity contribution in [3.63, 3.8) is 0 Å². The zero-order chi connectivity index (χ0) is 13.5. The van der Waals surface area contributed by atoms with E-state index in [0.29, 0.717) is 11.0 Å². The summed E-state index contributed by atoms with van der Waals surface area (Å²) < 4.78 is 0. The fraction of sp³-hybridized carbons (Fsp3) is 0.286. The number of halogens is 1. The predicted molar refractivity (Wildman–Crippen MR) is 84.0 cm³/mol. The van der Waals surface area contributed by atoms with E-state index in [4.69, 9.17) is 11.6 Å². The molecule has 0 atom stereocenters. The first-order valence-corrected chi connectivity index (χ1v) is 7.89. The van der Waals surface area contributed by atoms with Crippen LogP contribution in [0.5, 0.6) is 0 Å². The fourth-order valence-corrected chi connectivity index (χ4v) is 2.27. The molecule has 1 heterocycles. The number of thioether (sulfide) groups is 1. The summed E-state index contributed by atoms with van der Waals surface area (Å²) >= 11 is 7.89. The molecule has 0 bridgehead atoms. The van der Waals surface area contributed by atoms with Crippen molar-refractivity contribution >= 4 is 29.2 Å². The second-order valence-corrected chi connectivity index (χ2v) is 5.41. The van der Waals surface area contributed by atoms with Crippen LogP contribution < -0.4 is 5.32 Å². The van der Waals surface area contributed by atoms with Crippen LogP contribution in [0.2, 0.25) is 5.15 Å². The molecule has 0 radical (unpaired) electrons. The van der Waals surface area contributed by atoms with Gasteiger partial charge in [0, 0.05) is 18.2 Å². The topological polar surface area (TPSA) is 37.8 Å². The summed E-state index contributed by atoms with van der Waals surface area (Å²) in [6.07, 6.45) is 3.21. The monoisotopic (exact) mass is 293 g/mol. The average molecular weight is 294 g/mol. The summed E-state index contributed by atoms with van der Waals surface area (Å²) in [5, 5.41) is 3.74. The van der Waals surface area contributed by atoms with Crippen molar-refractivity contribution in [3.8, 4) is 11.4 Å². The number of nitrogens with zero attached hydrogens (tertiary/aromatic N) is 2. The van der Waals surface area contributed by atoms with E-state index in [1.165, 1.54) is 0 Å². The Morgan fingerprint density at radius 1 is 1.21 bits per heavy atom. The summed E-state index contributed by atoms with van der Waals surface area (Å²) in [7, 11) is 0. The third kappa shape index (κ3) is 4.40. The van der Waals surface area contributed by atoms with E-state index in [1.54, 1.807) is 6.07 Å². The first-order chi connectivity index (χ1) is 9.29. The Bertz CT molecular complexity index is 519. The fourth-order valence-electron chi connectivity index (χ4n) is 1.66. The lowest BCUT2D eigenvalue weighted by molar-refractivity contribution is 0.978. The Labute approximate surface area is 122 Å². The van der Waals surface area contributed by atoms with E-state index >= 15 is 0 Å². The largest absolute Gasteiger partial charge is 0.370 e. The molecule has 0 aliphatic carbocycles. The molecule has 0 aliphatic heterocycles. The second-order valence-electron chi connectivity index (χ2n) is 4.04. The summed E-state index contributed by atoms with van der Waals surface area (Å²) in [6, 6.07) is 11.6. The van der Waals surface area contributed by atoms with Gasteiger partial charge in [-0.2, -0.15) is 11.8 Å². The summed E-state index contributed by atoms with van der Waals surface area (Å²) in [4.78, 5) is 8.75. The zero-order valence-corrected chi connectivity index (χ0v) is 12.3. The van der Waals surface area contributed by atoms with Gasteiger partial charge >= 0.3 is 0 Å². The number of benzene rings is 1. The van der Waals surface area contributed by atoms with Crippen LogP contribution in [-0.2, 0) is 0 Å². The van der Waals surface area contributed by atoms with Crippen molar-refractivity contribution in [2.75, 3.05) is 23.9 Å². The molecule has 1 N–H and O–H groups in total. The minimum Gasteiger partial charge on any atom is -0.370 e. The average Bonchev–Trinajstić information content (AvgIpc) is 2.44. The van der Waals surface area contributed by atoms with E-state index in [1.807, 2.05) is 42.1 Å². The van der Waals surface area contributed by atoms with E-state index in [-0.39, 0.29) is 0 Å². The lowest BCUT2D eigenvalue weighted by Gasteiger charge is -2.07. The minimum atomic E-state index is 0.459. The predicted octanol–water partition coefficient (Wildman–Crippen LogP) is 3.96. The first kappa shape index (κ1) is 14.2. The standard InChI is InChI=1S/C14H16ClN3S/c1-19-9-5-8-16-13-10-12(15)17-14(18-13)11-6-3-2-4-7-11/h2-4,6-7,10H,5,8-9H2,1H3,(H,16,17,18). The normalized spacial score (nSPS) is 10.4. The van der Waals surface area contributed by atoms with Crippen molar-refractivity contribution in [1.29, 1.82) is 0 Å². The molecule has 0 unspecified atom stereocenters. The third-order valence-corrected chi connectivity index (χ3v) is 3.45. The van der Waals surface area contributed by atoms with Gasteiger partial charge in [-0.15, -0.1) is 0 Å². The van der Waals surface area contributed by atoms with Gasteiger partial charge in [0.05, 0.1) is 0 Å². The van der Waals surface area contributed by atoms with Gasteiger partial charge in [-0.25, -0.2) is 9.97 Å². The van der Waals surface area contributed by atoms with Crippen LogP contribution in [0.1, 0.15) is 6.42 Å². The van der Waals surface area contributed by atoms with Crippen LogP contribution in [0.15, 0.2) is 36.4 Å². The van der Waals surface area contributed by atoms with E-state index in [9.17, 15) is 0 Å². The smallest absolute Gasteiger partial charge is 0.163 e. The van der Waals surface area contributed by atoms with Gasteiger partial charge in [0.15, 0.2) is 5.82 Å². The van der Waals surface area contributed by atoms with Crippen molar-refractivity contribution < 1.29 is 0 Å². The Hall–Kier alpha value is -1.26. The number of aromatic nitrogens is 2. The number of nitrogens with one attached hydrogen (secondary N) is 1. The second kappa shape index (κ2) is 7.36. The van der Waals surface area contributed by atoms with Crippen LogP contribution in [0.3, 0.4) is 0 Å². The Morgan fingerprint density at radius 3 is 2.74 bits per heavy atom. The molecule has 19 heavy (non-hydrogen) atoms. The van der Waals surface area contributed by atoms with Crippen molar-refractivity contribution in [1.82, 2.24) is 9.97 Å². The zero-order valence-electron chi connectivity index (χ0n) is 10.8. The molecule has 5 heteroatoms. The Balaban J connectivity index is 2.11. The quantitative estimate of drug-likeness (QED) is 0.646. The highest BCUT2D eigenvalue weighted by Crippen LogP contribution is 2.19. The van der Waals surface area contributed by atoms with Gasteiger partial charge < -0.3 is 5.32 Å². The first-order valence-electron chi connectivity index (χ1n) is 6.12. The lowest BCUT2D eigenvalue weighted by atomic mass is 10.2. The summed E-state index contributed by atoms with van der Waals surface area (Å²) in [6.45, 7) is 0.891. The summed E-state index contributed by atoms with van der Waals surface area (Å²) in [5.74, 6) is 2.57. The van der Waals surface area contributed by atoms with Gasteiger partial charge in [-0.3, -0.25) is 0 Å². The molecule has 0 saturated carbocycles. The molecule has 100 valence electrons. The molecule has 1 aromatic heterocycles. The molecule has 2 rings (SSSR count). The molecular weight excluding hydrogens is 278 g/mol. The van der Waals surface area contributed by atoms with Gasteiger partial charge in [0.1, 0.15) is 11.0 Å². The Morgan fingerprint density at radius 2 is 2.00 bits per heavy atom. The third-order valence-electron chi connectivity index (χ3n) is 2.56. The molecule has 0 spiro atoms. The highest BCUT2D eigenvalue weighted by atomic mass is 35.5. The minimum absolute atomic E-state index is 0.459. The van der Waals surface area contributed by atoms with E-state index < -0.39 is 0 Å². The molecule has 2 aromatic rings. The number of anilines is 1. The SMILES string of the molecule is CSCCCNc1cc(Cl)nc(-c2ccccc2)n1. The van der Waals surface area contributed by atoms with Crippen LogP contribution in [-0.4, -0.2) is 28.5 Å². The van der Waals surface area contributed by atoms with Crippen LogP contribution >= 0.6 is 23.4 Å². The van der Waals surface area contributed by atoms with Crippen LogP contribution in [0.4, 0.5) is 5.82 Å². The van der Waals surface area contributed by atoms with E-state index in [0.717, 1.165) is 30.1 Å². The maximum absolute atomic E-state index is 6.04. The van der Waals surface area contributed by atoms with Crippen molar-refractivity contribution in [2.45, 2.75) is 6.42 Å². The van der Waals surface area contributed by atoms with Crippen molar-refractivity contribution in [2.24, 2.45) is 0 Å². The maximum atomic E-state index is 6.04. The molecule has 1 aromatic carbocycles. The van der Waals surface area contributed by atoms with Crippen LogP contribution in [0, 0.1) is 0 Å². The van der Waals surface area contributed by atoms with Gasteiger partial charge in [0.2, 0.25) is 0 Å². The van der Waals surface area contributed by atoms with Gasteiger partial charge in [-0.1, -0.05) is 41.9 Å². The molecule has 0 saturated heterocycles. The number of rotatable bonds is 6. The maximum Gasteiger partial charge on any atom is 0.163 e. The van der Waals surface area contributed by atoms with Gasteiger partial charge in [-0.05, 0) is 18.4 Å². The number of hydrogen-bond acceptors (Lipinski definition) is 4. The van der Waals surface area contributed by atoms with E-state index in [2.05, 4.69) is 21.5 Å². The molecule has 0 fully saturated rings. The number of hydrogen-bond donors (Lipinski definition) is 1. The molecule has 3 nitrogen and oxygen atoms in total. The van der Waals surface area contributed by atoms with Crippen molar-refractivity contribution in [3.05, 3.63) is 41.6 Å². The summed E-state index contributed by atoms with van der Waals surface area (Å²) in [5.41, 5.74) is 0.970. The lowest BCUT2D eigenvalue weighted by Crippen LogP contribution is -2.05. The molecule has 0 amide bonds. The molecule has 0 aliphatic rings. The molecular formula is C14H16ClN3S. The van der Waals surface area contributed by atoms with Gasteiger partial charge in [0.25, 0.3) is 0 Å². The Kier molecular flexibility index (Phi) is 5.48. The highest BCUT2D eigenvalue weighted by molar-refractivity contribution is 7.98. The van der Waals surface area contributed by atoms with Crippen LogP contribution in [0.25, 0.3) is 11.4 Å². The highest BCUT2D eigenvalue weighted by Gasteiger charge is 2.05.